The zero-order valence-electron chi connectivity index (χ0n) is 16.6. The number of methoxy groups -OCH3 is 1. The van der Waals surface area contributed by atoms with Crippen molar-refractivity contribution in [2.45, 2.75) is 44.6 Å². The van der Waals surface area contributed by atoms with Gasteiger partial charge in [0.1, 0.15) is 0 Å². The minimum absolute atomic E-state index is 0.134. The van der Waals surface area contributed by atoms with E-state index in [1.54, 1.807) is 30.2 Å². The molecule has 0 spiro atoms. The Morgan fingerprint density at radius 2 is 1.79 bits per heavy atom. The number of rotatable bonds is 6. The smallest absolute Gasteiger partial charge is 0.255 e. The second-order valence-corrected chi connectivity index (χ2v) is 7.54. The summed E-state index contributed by atoms with van der Waals surface area (Å²) in [5, 5.41) is 2.92. The maximum Gasteiger partial charge on any atom is 0.255 e. The van der Waals surface area contributed by atoms with E-state index in [9.17, 15) is 9.59 Å². The van der Waals surface area contributed by atoms with E-state index in [1.807, 2.05) is 24.3 Å². The molecule has 2 amide bonds. The molecule has 1 heterocycles. The standard InChI is InChI=1S/C23H26N2O4/c1-28-20-13-10-17(15-21(20)29-19-5-2-3-6-19)24-23(27)16-8-11-18(12-9-16)25-14-4-7-22(25)26/h8-13,15,19H,2-7,14H2,1H3,(H,24,27). The Labute approximate surface area is 170 Å². The largest absolute Gasteiger partial charge is 0.493 e. The molecule has 2 aromatic rings. The van der Waals surface area contributed by atoms with Gasteiger partial charge in [-0.1, -0.05) is 0 Å². The fourth-order valence-corrected chi connectivity index (χ4v) is 3.95. The van der Waals surface area contributed by atoms with Crippen LogP contribution < -0.4 is 19.7 Å². The SMILES string of the molecule is COc1ccc(NC(=O)c2ccc(N3CCCC3=O)cc2)cc1OC1CCCC1. The van der Waals surface area contributed by atoms with Crippen molar-refractivity contribution in [3.63, 3.8) is 0 Å². The highest BCUT2D eigenvalue weighted by atomic mass is 16.5. The van der Waals surface area contributed by atoms with Gasteiger partial charge in [0, 0.05) is 36.0 Å². The summed E-state index contributed by atoms with van der Waals surface area (Å²) in [5.41, 5.74) is 2.03. The first kappa shape index (κ1) is 19.3. The normalized spacial score (nSPS) is 16.9. The first-order valence-corrected chi connectivity index (χ1v) is 10.2. The van der Waals surface area contributed by atoms with Gasteiger partial charge in [-0.2, -0.15) is 0 Å². The van der Waals surface area contributed by atoms with Crippen molar-refractivity contribution in [2.75, 3.05) is 23.9 Å². The summed E-state index contributed by atoms with van der Waals surface area (Å²) in [6.45, 7) is 0.736. The molecule has 0 bridgehead atoms. The summed E-state index contributed by atoms with van der Waals surface area (Å²) in [7, 11) is 1.61. The van der Waals surface area contributed by atoms with Gasteiger partial charge in [-0.25, -0.2) is 0 Å². The van der Waals surface area contributed by atoms with Crippen LogP contribution in [0.4, 0.5) is 11.4 Å². The van der Waals surface area contributed by atoms with Crippen molar-refractivity contribution < 1.29 is 19.1 Å². The van der Waals surface area contributed by atoms with E-state index in [4.69, 9.17) is 9.47 Å². The van der Waals surface area contributed by atoms with E-state index >= 15 is 0 Å². The summed E-state index contributed by atoms with van der Waals surface area (Å²) in [4.78, 5) is 26.3. The molecular formula is C23H26N2O4. The second-order valence-electron chi connectivity index (χ2n) is 7.54. The maximum absolute atomic E-state index is 12.7. The Hall–Kier alpha value is -3.02. The number of ether oxygens (including phenoxy) is 2. The first-order chi connectivity index (χ1) is 14.1. The van der Waals surface area contributed by atoms with Gasteiger partial charge in [0.25, 0.3) is 5.91 Å². The number of nitrogens with zero attached hydrogens (tertiary/aromatic N) is 1. The van der Waals surface area contributed by atoms with Crippen molar-refractivity contribution >= 4 is 23.2 Å². The van der Waals surface area contributed by atoms with Gasteiger partial charge in [-0.3, -0.25) is 9.59 Å². The van der Waals surface area contributed by atoms with Crippen LogP contribution in [0.2, 0.25) is 0 Å². The molecule has 2 aromatic carbocycles. The number of hydrogen-bond donors (Lipinski definition) is 1. The Balaban J connectivity index is 1.45. The average Bonchev–Trinajstić information content (AvgIpc) is 3.40. The molecule has 6 heteroatoms. The van der Waals surface area contributed by atoms with Crippen LogP contribution in [0.3, 0.4) is 0 Å². The van der Waals surface area contributed by atoms with Gasteiger partial charge in [0.2, 0.25) is 5.91 Å². The topological polar surface area (TPSA) is 67.9 Å². The van der Waals surface area contributed by atoms with E-state index in [-0.39, 0.29) is 17.9 Å². The van der Waals surface area contributed by atoms with Gasteiger partial charge in [-0.15, -0.1) is 0 Å². The van der Waals surface area contributed by atoms with Gasteiger partial charge in [-0.05, 0) is 68.5 Å². The molecule has 1 saturated carbocycles. The number of carbonyl (C=O) groups is 2. The van der Waals surface area contributed by atoms with Crippen LogP contribution in [0.15, 0.2) is 42.5 Å². The zero-order valence-corrected chi connectivity index (χ0v) is 16.6. The molecule has 1 N–H and O–H groups in total. The van der Waals surface area contributed by atoms with Crippen molar-refractivity contribution in [2.24, 2.45) is 0 Å². The highest BCUT2D eigenvalue weighted by Gasteiger charge is 2.22. The third kappa shape index (κ3) is 4.36. The lowest BCUT2D eigenvalue weighted by atomic mass is 10.1. The second kappa shape index (κ2) is 8.55. The molecule has 29 heavy (non-hydrogen) atoms. The van der Waals surface area contributed by atoms with Gasteiger partial charge < -0.3 is 19.7 Å². The molecule has 6 nitrogen and oxygen atoms in total. The molecule has 4 rings (SSSR count). The average molecular weight is 394 g/mol. The monoisotopic (exact) mass is 394 g/mol. The number of hydrogen-bond acceptors (Lipinski definition) is 4. The summed E-state index contributed by atoms with van der Waals surface area (Å²) in [5.74, 6) is 1.24. The molecule has 0 unspecified atom stereocenters. The van der Waals surface area contributed by atoms with Crippen molar-refractivity contribution in [1.29, 1.82) is 0 Å². The quantitative estimate of drug-likeness (QED) is 0.789. The van der Waals surface area contributed by atoms with Crippen LogP contribution in [-0.2, 0) is 4.79 Å². The number of carbonyl (C=O) groups excluding carboxylic acids is 2. The highest BCUT2D eigenvalue weighted by Crippen LogP contribution is 2.34. The molecule has 1 aliphatic heterocycles. The molecule has 2 aliphatic rings. The number of benzene rings is 2. The molecular weight excluding hydrogens is 368 g/mol. The molecule has 152 valence electrons. The molecule has 0 atom stereocenters. The summed E-state index contributed by atoms with van der Waals surface area (Å²) in [6.07, 6.45) is 6.13. The summed E-state index contributed by atoms with van der Waals surface area (Å²) >= 11 is 0. The van der Waals surface area contributed by atoms with E-state index < -0.39 is 0 Å². The van der Waals surface area contributed by atoms with E-state index in [0.717, 1.165) is 31.5 Å². The summed E-state index contributed by atoms with van der Waals surface area (Å²) < 4.78 is 11.5. The highest BCUT2D eigenvalue weighted by molar-refractivity contribution is 6.05. The fraction of sp³-hybridized carbons (Fsp3) is 0.391. The van der Waals surface area contributed by atoms with E-state index in [0.29, 0.717) is 29.2 Å². The predicted octanol–water partition coefficient (Wildman–Crippen LogP) is 4.40. The van der Waals surface area contributed by atoms with Gasteiger partial charge in [0.05, 0.1) is 13.2 Å². The molecule has 0 radical (unpaired) electrons. The van der Waals surface area contributed by atoms with Crippen molar-refractivity contribution in [1.82, 2.24) is 0 Å². The van der Waals surface area contributed by atoms with Crippen LogP contribution in [0.25, 0.3) is 0 Å². The lowest BCUT2D eigenvalue weighted by Gasteiger charge is -2.17. The fourth-order valence-electron chi connectivity index (χ4n) is 3.95. The van der Waals surface area contributed by atoms with Crippen LogP contribution >= 0.6 is 0 Å². The minimum Gasteiger partial charge on any atom is -0.493 e. The third-order valence-corrected chi connectivity index (χ3v) is 5.53. The Morgan fingerprint density at radius 1 is 1.03 bits per heavy atom. The molecule has 2 fully saturated rings. The Bertz CT molecular complexity index is 888. The molecule has 1 aliphatic carbocycles. The molecule has 1 saturated heterocycles. The molecule has 0 aromatic heterocycles. The predicted molar refractivity (Wildman–Crippen MR) is 112 cm³/mol. The lowest BCUT2D eigenvalue weighted by molar-refractivity contribution is -0.117. The van der Waals surface area contributed by atoms with Crippen LogP contribution in [0.5, 0.6) is 11.5 Å². The Kier molecular flexibility index (Phi) is 5.69. The van der Waals surface area contributed by atoms with Crippen LogP contribution in [0, 0.1) is 0 Å². The summed E-state index contributed by atoms with van der Waals surface area (Å²) in [6, 6.07) is 12.6. The number of amides is 2. The van der Waals surface area contributed by atoms with E-state index in [2.05, 4.69) is 5.32 Å². The number of anilines is 2. The third-order valence-electron chi connectivity index (χ3n) is 5.53. The van der Waals surface area contributed by atoms with E-state index in [1.165, 1.54) is 12.8 Å². The minimum atomic E-state index is -0.207. The van der Waals surface area contributed by atoms with Gasteiger partial charge in [0.15, 0.2) is 11.5 Å². The first-order valence-electron chi connectivity index (χ1n) is 10.2. The lowest BCUT2D eigenvalue weighted by Crippen LogP contribution is -2.23. The van der Waals surface area contributed by atoms with Crippen LogP contribution in [-0.4, -0.2) is 31.6 Å². The number of nitrogens with one attached hydrogen (secondary N) is 1. The maximum atomic E-state index is 12.7. The van der Waals surface area contributed by atoms with Crippen molar-refractivity contribution in [3.05, 3.63) is 48.0 Å². The van der Waals surface area contributed by atoms with Crippen molar-refractivity contribution in [3.8, 4) is 11.5 Å². The van der Waals surface area contributed by atoms with Crippen LogP contribution in [0.1, 0.15) is 48.9 Å². The van der Waals surface area contributed by atoms with Gasteiger partial charge >= 0.3 is 0 Å². The Morgan fingerprint density at radius 3 is 2.45 bits per heavy atom. The zero-order chi connectivity index (χ0) is 20.2.